The molecule has 1 aliphatic carbocycles. The van der Waals surface area contributed by atoms with Gasteiger partial charge in [0.1, 0.15) is 0 Å². The molecule has 1 saturated heterocycles. The normalized spacial score (nSPS) is 32.7. The van der Waals surface area contributed by atoms with Crippen LogP contribution < -0.4 is 11.1 Å². The zero-order valence-electron chi connectivity index (χ0n) is 9.24. The van der Waals surface area contributed by atoms with Crippen LogP contribution in [-0.2, 0) is 4.79 Å². The summed E-state index contributed by atoms with van der Waals surface area (Å²) in [6.07, 6.45) is 4.36. The Bertz CT molecular complexity index is 226. The zero-order chi connectivity index (χ0) is 10.7. The van der Waals surface area contributed by atoms with Crippen LogP contribution in [0.25, 0.3) is 0 Å². The molecule has 1 saturated carbocycles. The van der Waals surface area contributed by atoms with Gasteiger partial charge in [0.2, 0.25) is 5.91 Å². The van der Waals surface area contributed by atoms with Crippen molar-refractivity contribution in [2.75, 3.05) is 26.2 Å². The number of piperazine rings is 1. The Morgan fingerprint density at radius 3 is 2.53 bits per heavy atom. The van der Waals surface area contributed by atoms with E-state index < -0.39 is 0 Å². The molecular weight excluding hydrogens is 190 g/mol. The molecule has 4 nitrogen and oxygen atoms in total. The third kappa shape index (κ3) is 2.49. The van der Waals surface area contributed by atoms with Crippen molar-refractivity contribution in [2.24, 2.45) is 11.7 Å². The van der Waals surface area contributed by atoms with Crippen LogP contribution in [0.4, 0.5) is 0 Å². The predicted octanol–water partition coefficient (Wildman–Crippen LogP) is -0.0643. The summed E-state index contributed by atoms with van der Waals surface area (Å²) >= 11 is 0. The lowest BCUT2D eigenvalue weighted by Crippen LogP contribution is -2.52. The second-order valence-electron chi connectivity index (χ2n) is 4.63. The van der Waals surface area contributed by atoms with E-state index in [1.54, 1.807) is 0 Å². The molecular formula is C11H21N3O. The fourth-order valence-electron chi connectivity index (χ4n) is 2.59. The molecule has 1 amide bonds. The molecule has 86 valence electrons. The van der Waals surface area contributed by atoms with E-state index >= 15 is 0 Å². The minimum Gasteiger partial charge on any atom is -0.340 e. The van der Waals surface area contributed by atoms with E-state index in [0.29, 0.717) is 5.91 Å². The highest BCUT2D eigenvalue weighted by molar-refractivity contribution is 5.79. The van der Waals surface area contributed by atoms with Gasteiger partial charge >= 0.3 is 0 Å². The van der Waals surface area contributed by atoms with Crippen LogP contribution in [-0.4, -0.2) is 43.0 Å². The third-order valence-electron chi connectivity index (χ3n) is 3.57. The molecule has 3 N–H and O–H groups in total. The third-order valence-corrected chi connectivity index (χ3v) is 3.57. The van der Waals surface area contributed by atoms with Gasteiger partial charge in [0.05, 0.1) is 5.92 Å². The number of carbonyl (C=O) groups is 1. The summed E-state index contributed by atoms with van der Waals surface area (Å²) in [6.45, 7) is 3.55. The summed E-state index contributed by atoms with van der Waals surface area (Å²) in [4.78, 5) is 14.2. The minimum absolute atomic E-state index is 0.0943. The van der Waals surface area contributed by atoms with Crippen molar-refractivity contribution in [3.8, 4) is 0 Å². The first-order valence-corrected chi connectivity index (χ1v) is 6.04. The number of nitrogens with two attached hydrogens (primary N) is 1. The van der Waals surface area contributed by atoms with Gasteiger partial charge in [-0.25, -0.2) is 0 Å². The lowest BCUT2D eigenvalue weighted by atomic mass is 9.84. The Kier molecular flexibility index (Phi) is 3.59. The van der Waals surface area contributed by atoms with Crippen molar-refractivity contribution >= 4 is 5.91 Å². The van der Waals surface area contributed by atoms with Crippen molar-refractivity contribution in [3.05, 3.63) is 0 Å². The van der Waals surface area contributed by atoms with Crippen molar-refractivity contribution in [3.63, 3.8) is 0 Å². The van der Waals surface area contributed by atoms with Gasteiger partial charge in [-0.1, -0.05) is 12.8 Å². The maximum atomic E-state index is 12.2. The number of carbonyl (C=O) groups excluding carboxylic acids is 1. The van der Waals surface area contributed by atoms with Crippen LogP contribution in [0.15, 0.2) is 0 Å². The largest absolute Gasteiger partial charge is 0.340 e. The lowest BCUT2D eigenvalue weighted by molar-refractivity contribution is -0.137. The molecule has 2 fully saturated rings. The molecule has 2 unspecified atom stereocenters. The molecule has 2 rings (SSSR count). The van der Waals surface area contributed by atoms with Crippen molar-refractivity contribution in [1.29, 1.82) is 0 Å². The highest BCUT2D eigenvalue weighted by Gasteiger charge is 2.31. The van der Waals surface area contributed by atoms with Gasteiger partial charge in [0.15, 0.2) is 0 Å². The molecule has 0 aromatic carbocycles. The number of rotatable bonds is 1. The molecule has 0 radical (unpaired) electrons. The van der Waals surface area contributed by atoms with Crippen molar-refractivity contribution in [2.45, 2.75) is 31.7 Å². The van der Waals surface area contributed by atoms with Crippen LogP contribution in [0.3, 0.4) is 0 Å². The smallest absolute Gasteiger partial charge is 0.227 e. The summed E-state index contributed by atoms with van der Waals surface area (Å²) in [5, 5.41) is 3.26. The van der Waals surface area contributed by atoms with Crippen molar-refractivity contribution < 1.29 is 4.79 Å². The van der Waals surface area contributed by atoms with Gasteiger partial charge in [0, 0.05) is 32.2 Å². The van der Waals surface area contributed by atoms with Crippen LogP contribution in [0.1, 0.15) is 25.7 Å². The quantitative estimate of drug-likeness (QED) is 0.638. The summed E-state index contributed by atoms with van der Waals surface area (Å²) in [6, 6.07) is 0.0983. The maximum absolute atomic E-state index is 12.2. The Labute approximate surface area is 91.2 Å². The van der Waals surface area contributed by atoms with E-state index in [9.17, 15) is 4.79 Å². The zero-order valence-corrected chi connectivity index (χ0v) is 9.24. The molecule has 0 bridgehead atoms. The van der Waals surface area contributed by atoms with E-state index in [1.165, 1.54) is 6.42 Å². The summed E-state index contributed by atoms with van der Waals surface area (Å²) in [5.74, 6) is 0.389. The van der Waals surface area contributed by atoms with Gasteiger partial charge in [-0.2, -0.15) is 0 Å². The van der Waals surface area contributed by atoms with Gasteiger partial charge in [0.25, 0.3) is 0 Å². The molecule has 0 aromatic heterocycles. The number of nitrogens with zero attached hydrogens (tertiary/aromatic N) is 1. The minimum atomic E-state index is 0.0943. The highest BCUT2D eigenvalue weighted by Crippen LogP contribution is 2.24. The monoisotopic (exact) mass is 211 g/mol. The SMILES string of the molecule is NC1CCCCC1C(=O)N1CCNCC1. The Hall–Kier alpha value is -0.610. The standard InChI is InChI=1S/C11H21N3O/c12-10-4-2-1-3-9(10)11(15)14-7-5-13-6-8-14/h9-10,13H,1-8,12H2. The first-order chi connectivity index (χ1) is 7.29. The highest BCUT2D eigenvalue weighted by atomic mass is 16.2. The van der Waals surface area contributed by atoms with Crippen LogP contribution >= 0.6 is 0 Å². The number of hydrogen-bond acceptors (Lipinski definition) is 3. The van der Waals surface area contributed by atoms with Crippen molar-refractivity contribution in [1.82, 2.24) is 10.2 Å². The van der Waals surface area contributed by atoms with Gasteiger partial charge < -0.3 is 16.0 Å². The van der Waals surface area contributed by atoms with Crippen LogP contribution in [0.2, 0.25) is 0 Å². The number of amides is 1. The molecule has 0 aromatic rings. The topological polar surface area (TPSA) is 58.4 Å². The molecule has 15 heavy (non-hydrogen) atoms. The fourth-order valence-corrected chi connectivity index (χ4v) is 2.59. The van der Waals surface area contributed by atoms with Crippen LogP contribution in [0, 0.1) is 5.92 Å². The molecule has 2 aliphatic rings. The Morgan fingerprint density at radius 2 is 1.87 bits per heavy atom. The second-order valence-corrected chi connectivity index (χ2v) is 4.63. The van der Waals surface area contributed by atoms with Gasteiger partial charge in [-0.3, -0.25) is 4.79 Å². The molecule has 1 heterocycles. The fraction of sp³-hybridized carbons (Fsp3) is 0.909. The molecule has 1 aliphatic heterocycles. The maximum Gasteiger partial charge on any atom is 0.227 e. The number of hydrogen-bond donors (Lipinski definition) is 2. The first-order valence-electron chi connectivity index (χ1n) is 6.04. The van der Waals surface area contributed by atoms with E-state index in [2.05, 4.69) is 5.32 Å². The number of nitrogens with one attached hydrogen (secondary N) is 1. The van der Waals surface area contributed by atoms with E-state index in [0.717, 1.165) is 45.4 Å². The molecule has 0 spiro atoms. The lowest BCUT2D eigenvalue weighted by Gasteiger charge is -2.35. The molecule has 2 atom stereocenters. The average molecular weight is 211 g/mol. The summed E-state index contributed by atoms with van der Waals surface area (Å²) in [5.41, 5.74) is 6.02. The average Bonchev–Trinajstić information content (AvgIpc) is 2.30. The van der Waals surface area contributed by atoms with E-state index in [-0.39, 0.29) is 12.0 Å². The van der Waals surface area contributed by atoms with Gasteiger partial charge in [-0.15, -0.1) is 0 Å². The predicted molar refractivity (Wildman–Crippen MR) is 59.4 cm³/mol. The summed E-state index contributed by atoms with van der Waals surface area (Å²) < 4.78 is 0. The molecule has 4 heteroatoms. The summed E-state index contributed by atoms with van der Waals surface area (Å²) in [7, 11) is 0. The Morgan fingerprint density at radius 1 is 1.20 bits per heavy atom. The Balaban J connectivity index is 1.92. The van der Waals surface area contributed by atoms with Gasteiger partial charge in [-0.05, 0) is 12.8 Å². The van der Waals surface area contributed by atoms with E-state index in [1.807, 2.05) is 4.90 Å². The second kappa shape index (κ2) is 4.94. The van der Waals surface area contributed by atoms with Crippen LogP contribution in [0.5, 0.6) is 0 Å². The first kappa shape index (κ1) is 10.9. The van der Waals surface area contributed by atoms with E-state index in [4.69, 9.17) is 5.73 Å².